The highest BCUT2D eigenvalue weighted by molar-refractivity contribution is 5.57. The molecular formula is C5H10N2O3. The van der Waals surface area contributed by atoms with Gasteiger partial charge in [0.2, 0.25) is 0 Å². The van der Waals surface area contributed by atoms with E-state index in [1.165, 1.54) is 0 Å². The molecule has 1 saturated heterocycles. The highest BCUT2D eigenvalue weighted by Crippen LogP contribution is 2.01. The van der Waals surface area contributed by atoms with Crippen molar-refractivity contribution in [3.8, 4) is 0 Å². The zero-order valence-corrected chi connectivity index (χ0v) is 5.41. The first-order valence-corrected chi connectivity index (χ1v) is 3.06. The van der Waals surface area contributed by atoms with Crippen molar-refractivity contribution in [1.82, 2.24) is 5.32 Å². The molecule has 2 atom stereocenters. The minimum atomic E-state index is -1.26. The van der Waals surface area contributed by atoms with Crippen molar-refractivity contribution in [2.24, 2.45) is 5.73 Å². The molecule has 0 aliphatic carbocycles. The van der Waals surface area contributed by atoms with Crippen LogP contribution in [0.4, 0.5) is 4.79 Å². The Morgan fingerprint density at radius 2 is 2.40 bits per heavy atom. The van der Waals surface area contributed by atoms with Gasteiger partial charge in [-0.05, 0) is 0 Å². The Labute approximate surface area is 58.2 Å². The van der Waals surface area contributed by atoms with Crippen LogP contribution in [0.5, 0.6) is 0 Å². The second kappa shape index (κ2) is 2.85. The average molecular weight is 146 g/mol. The normalized spacial score (nSPS) is 32.1. The summed E-state index contributed by atoms with van der Waals surface area (Å²) in [7, 11) is 0. The van der Waals surface area contributed by atoms with Crippen LogP contribution in [-0.2, 0) is 4.74 Å². The Hall–Kier alpha value is -0.810. The summed E-state index contributed by atoms with van der Waals surface area (Å²) in [5.41, 5.74) is 5.48. The van der Waals surface area contributed by atoms with E-state index in [0.717, 1.165) is 0 Å². The van der Waals surface area contributed by atoms with Gasteiger partial charge in [-0.1, -0.05) is 0 Å². The number of carbonyl (C=O) groups is 1. The SMILES string of the molecule is NC1CNCC1OC(=O)O. The molecule has 0 radical (unpaired) electrons. The average Bonchev–Trinajstić information content (AvgIpc) is 2.15. The van der Waals surface area contributed by atoms with Gasteiger partial charge in [0, 0.05) is 13.1 Å². The molecule has 0 bridgehead atoms. The molecule has 1 fully saturated rings. The number of rotatable bonds is 1. The van der Waals surface area contributed by atoms with Crippen LogP contribution in [0, 0.1) is 0 Å². The molecule has 4 N–H and O–H groups in total. The molecule has 0 saturated carbocycles. The van der Waals surface area contributed by atoms with E-state index in [9.17, 15) is 4.79 Å². The Kier molecular flexibility index (Phi) is 2.08. The number of ether oxygens (including phenoxy) is 1. The summed E-state index contributed by atoms with van der Waals surface area (Å²) in [5, 5.41) is 11.1. The number of hydrogen-bond acceptors (Lipinski definition) is 4. The smallest absolute Gasteiger partial charge is 0.450 e. The highest BCUT2D eigenvalue weighted by Gasteiger charge is 2.26. The number of hydrogen-bond donors (Lipinski definition) is 3. The second-order valence-electron chi connectivity index (χ2n) is 2.24. The van der Waals surface area contributed by atoms with E-state index in [4.69, 9.17) is 10.8 Å². The molecule has 5 heteroatoms. The fraction of sp³-hybridized carbons (Fsp3) is 0.800. The van der Waals surface area contributed by atoms with Gasteiger partial charge in [0.25, 0.3) is 0 Å². The van der Waals surface area contributed by atoms with E-state index in [0.29, 0.717) is 13.1 Å². The first kappa shape index (κ1) is 7.30. The third kappa shape index (κ3) is 1.58. The Morgan fingerprint density at radius 3 is 2.80 bits per heavy atom. The zero-order chi connectivity index (χ0) is 7.56. The Balaban J connectivity index is 2.33. The molecule has 0 spiro atoms. The summed E-state index contributed by atoms with van der Waals surface area (Å²) in [6.07, 6.45) is -1.64. The van der Waals surface area contributed by atoms with Crippen molar-refractivity contribution in [2.45, 2.75) is 12.1 Å². The molecular weight excluding hydrogens is 136 g/mol. The van der Waals surface area contributed by atoms with Crippen LogP contribution in [0.1, 0.15) is 0 Å². The van der Waals surface area contributed by atoms with Crippen LogP contribution < -0.4 is 11.1 Å². The molecule has 1 aliphatic rings. The third-order valence-corrected chi connectivity index (χ3v) is 1.46. The van der Waals surface area contributed by atoms with Gasteiger partial charge in [-0.3, -0.25) is 0 Å². The lowest BCUT2D eigenvalue weighted by atomic mass is 10.2. The topological polar surface area (TPSA) is 84.6 Å². The molecule has 1 aliphatic heterocycles. The highest BCUT2D eigenvalue weighted by atomic mass is 16.7. The standard InChI is InChI=1S/C5H10N2O3/c6-3-1-7-2-4(3)10-5(8)9/h3-4,7H,1-2,6H2,(H,8,9). The molecule has 0 aromatic carbocycles. The predicted octanol–water partition coefficient (Wildman–Crippen LogP) is -1.02. The van der Waals surface area contributed by atoms with Crippen molar-refractivity contribution in [2.75, 3.05) is 13.1 Å². The van der Waals surface area contributed by atoms with E-state index < -0.39 is 6.16 Å². The molecule has 10 heavy (non-hydrogen) atoms. The summed E-state index contributed by atoms with van der Waals surface area (Å²) < 4.78 is 4.45. The largest absolute Gasteiger partial charge is 0.506 e. The van der Waals surface area contributed by atoms with E-state index in [1.54, 1.807) is 0 Å². The van der Waals surface area contributed by atoms with Crippen LogP contribution in [0.3, 0.4) is 0 Å². The van der Waals surface area contributed by atoms with E-state index in [2.05, 4.69) is 10.1 Å². The summed E-state index contributed by atoms with van der Waals surface area (Å²) in [4.78, 5) is 10.00. The minimum Gasteiger partial charge on any atom is -0.450 e. The van der Waals surface area contributed by atoms with Gasteiger partial charge in [-0.25, -0.2) is 4.79 Å². The van der Waals surface area contributed by atoms with E-state index in [-0.39, 0.29) is 12.1 Å². The fourth-order valence-corrected chi connectivity index (χ4v) is 0.934. The molecule has 1 heterocycles. The molecule has 1 rings (SSSR count). The molecule has 58 valence electrons. The Bertz CT molecular complexity index is 139. The molecule has 0 aromatic heterocycles. The van der Waals surface area contributed by atoms with Gasteiger partial charge in [-0.15, -0.1) is 0 Å². The predicted molar refractivity (Wildman–Crippen MR) is 33.7 cm³/mol. The van der Waals surface area contributed by atoms with Crippen molar-refractivity contribution in [1.29, 1.82) is 0 Å². The van der Waals surface area contributed by atoms with Gasteiger partial charge in [0.1, 0.15) is 6.10 Å². The molecule has 0 aromatic rings. The summed E-state index contributed by atoms with van der Waals surface area (Å²) >= 11 is 0. The molecule has 2 unspecified atom stereocenters. The lowest BCUT2D eigenvalue weighted by Gasteiger charge is -2.11. The monoisotopic (exact) mass is 146 g/mol. The van der Waals surface area contributed by atoms with Gasteiger partial charge in [0.05, 0.1) is 6.04 Å². The first-order chi connectivity index (χ1) is 4.70. The number of nitrogens with two attached hydrogens (primary N) is 1. The van der Waals surface area contributed by atoms with Gasteiger partial charge in [0.15, 0.2) is 0 Å². The minimum absolute atomic E-state index is 0.198. The van der Waals surface area contributed by atoms with Gasteiger partial charge < -0.3 is 20.9 Å². The molecule has 5 nitrogen and oxygen atoms in total. The quantitative estimate of drug-likeness (QED) is 0.412. The van der Waals surface area contributed by atoms with Crippen molar-refractivity contribution < 1.29 is 14.6 Å². The second-order valence-corrected chi connectivity index (χ2v) is 2.24. The van der Waals surface area contributed by atoms with E-state index in [1.807, 2.05) is 0 Å². The van der Waals surface area contributed by atoms with E-state index >= 15 is 0 Å². The van der Waals surface area contributed by atoms with Gasteiger partial charge in [-0.2, -0.15) is 0 Å². The maximum Gasteiger partial charge on any atom is 0.506 e. The third-order valence-electron chi connectivity index (χ3n) is 1.46. The lowest BCUT2D eigenvalue weighted by Crippen LogP contribution is -2.36. The van der Waals surface area contributed by atoms with Crippen molar-refractivity contribution >= 4 is 6.16 Å². The maximum absolute atomic E-state index is 10.00. The Morgan fingerprint density at radius 1 is 1.70 bits per heavy atom. The zero-order valence-electron chi connectivity index (χ0n) is 5.41. The van der Waals surface area contributed by atoms with Crippen LogP contribution >= 0.6 is 0 Å². The number of nitrogens with one attached hydrogen (secondary N) is 1. The van der Waals surface area contributed by atoms with Crippen LogP contribution in [-0.4, -0.2) is 36.5 Å². The molecule has 0 amide bonds. The number of carboxylic acid groups (broad SMARTS) is 1. The summed E-state index contributed by atoms with van der Waals surface area (Å²) in [6.45, 7) is 1.14. The van der Waals surface area contributed by atoms with Crippen molar-refractivity contribution in [3.63, 3.8) is 0 Å². The maximum atomic E-state index is 10.00. The summed E-state index contributed by atoms with van der Waals surface area (Å²) in [6, 6.07) is -0.198. The van der Waals surface area contributed by atoms with Crippen LogP contribution in [0.25, 0.3) is 0 Å². The van der Waals surface area contributed by atoms with Crippen molar-refractivity contribution in [3.05, 3.63) is 0 Å². The van der Waals surface area contributed by atoms with Crippen LogP contribution in [0.2, 0.25) is 0 Å². The summed E-state index contributed by atoms with van der Waals surface area (Å²) in [5.74, 6) is 0. The first-order valence-electron chi connectivity index (χ1n) is 3.06. The fourth-order valence-electron chi connectivity index (χ4n) is 0.934. The van der Waals surface area contributed by atoms with Gasteiger partial charge >= 0.3 is 6.16 Å². The van der Waals surface area contributed by atoms with Crippen LogP contribution in [0.15, 0.2) is 0 Å². The lowest BCUT2D eigenvalue weighted by molar-refractivity contribution is 0.0539.